The molecule has 24 heavy (non-hydrogen) atoms. The Morgan fingerprint density at radius 1 is 1.25 bits per heavy atom. The van der Waals surface area contributed by atoms with Crippen LogP contribution < -0.4 is 5.32 Å². The van der Waals surface area contributed by atoms with Crippen molar-refractivity contribution in [2.45, 2.75) is 64.5 Å². The molecule has 4 rings (SSSR count). The van der Waals surface area contributed by atoms with Crippen LogP contribution in [0.5, 0.6) is 0 Å². The standard InChI is InChI=1S/C19H24N4O/c1-2-17-21-22-18-9-8-16(12-23(17)18)20-19(24)11-13-6-7-14-4-3-5-15(14)10-13/h6-7,10,16H,2-5,8-9,11-12H2,1H3,(H,20,24)/t16-/m0/s1. The molecule has 0 unspecified atom stereocenters. The molecule has 0 fully saturated rings. The summed E-state index contributed by atoms with van der Waals surface area (Å²) in [6, 6.07) is 6.71. The van der Waals surface area contributed by atoms with Gasteiger partial charge in [0.1, 0.15) is 11.6 Å². The van der Waals surface area contributed by atoms with Crippen LogP contribution in [0.15, 0.2) is 18.2 Å². The first-order valence-electron chi connectivity index (χ1n) is 9.04. The fourth-order valence-electron chi connectivity index (χ4n) is 3.96. The summed E-state index contributed by atoms with van der Waals surface area (Å²) in [5.41, 5.74) is 4.02. The van der Waals surface area contributed by atoms with Crippen molar-refractivity contribution in [1.29, 1.82) is 0 Å². The Labute approximate surface area is 142 Å². The van der Waals surface area contributed by atoms with Crippen LogP contribution in [-0.4, -0.2) is 26.7 Å². The highest BCUT2D eigenvalue weighted by atomic mass is 16.1. The van der Waals surface area contributed by atoms with E-state index in [-0.39, 0.29) is 11.9 Å². The lowest BCUT2D eigenvalue weighted by molar-refractivity contribution is -0.121. The van der Waals surface area contributed by atoms with E-state index in [9.17, 15) is 4.79 Å². The van der Waals surface area contributed by atoms with Gasteiger partial charge in [-0.25, -0.2) is 0 Å². The minimum absolute atomic E-state index is 0.118. The molecule has 1 aliphatic carbocycles. The van der Waals surface area contributed by atoms with Crippen LogP contribution in [0.2, 0.25) is 0 Å². The van der Waals surface area contributed by atoms with Gasteiger partial charge in [-0.15, -0.1) is 10.2 Å². The van der Waals surface area contributed by atoms with Gasteiger partial charge in [-0.2, -0.15) is 0 Å². The van der Waals surface area contributed by atoms with Gasteiger partial charge < -0.3 is 9.88 Å². The maximum Gasteiger partial charge on any atom is 0.224 e. The molecule has 1 N–H and O–H groups in total. The normalized spacial score (nSPS) is 19.0. The van der Waals surface area contributed by atoms with Crippen LogP contribution in [0.25, 0.3) is 0 Å². The molecule has 0 spiro atoms. The quantitative estimate of drug-likeness (QED) is 0.936. The highest BCUT2D eigenvalue weighted by Crippen LogP contribution is 2.23. The molecule has 2 heterocycles. The molecule has 2 aliphatic rings. The highest BCUT2D eigenvalue weighted by molar-refractivity contribution is 5.79. The van der Waals surface area contributed by atoms with Crippen LogP contribution in [0, 0.1) is 0 Å². The molecule has 2 aromatic rings. The molecule has 126 valence electrons. The summed E-state index contributed by atoms with van der Waals surface area (Å²) >= 11 is 0. The van der Waals surface area contributed by atoms with Crippen molar-refractivity contribution in [2.24, 2.45) is 0 Å². The van der Waals surface area contributed by atoms with E-state index in [1.807, 2.05) is 0 Å². The summed E-state index contributed by atoms with van der Waals surface area (Å²) < 4.78 is 2.17. The zero-order valence-electron chi connectivity index (χ0n) is 14.2. The molecule has 0 radical (unpaired) electrons. The topological polar surface area (TPSA) is 59.8 Å². The number of aromatic nitrogens is 3. The van der Waals surface area contributed by atoms with E-state index in [1.54, 1.807) is 0 Å². The fourth-order valence-corrected chi connectivity index (χ4v) is 3.96. The Hall–Kier alpha value is -2.17. The van der Waals surface area contributed by atoms with Gasteiger partial charge in [0.15, 0.2) is 0 Å². The van der Waals surface area contributed by atoms with Crippen LogP contribution in [-0.2, 0) is 43.4 Å². The molecule has 1 aromatic heterocycles. The number of carbonyl (C=O) groups is 1. The monoisotopic (exact) mass is 324 g/mol. The van der Waals surface area contributed by atoms with Crippen molar-refractivity contribution in [2.75, 3.05) is 0 Å². The Kier molecular flexibility index (Phi) is 4.08. The molecule has 1 aromatic carbocycles. The third-order valence-electron chi connectivity index (χ3n) is 5.23. The molecular formula is C19H24N4O. The lowest BCUT2D eigenvalue weighted by atomic mass is 10.0. The SMILES string of the molecule is CCc1nnc2n1C[C@@H](NC(=O)Cc1ccc3c(c1)CCC3)CC2. The average Bonchev–Trinajstić information content (AvgIpc) is 3.20. The number of nitrogens with one attached hydrogen (secondary N) is 1. The number of hydrogen-bond acceptors (Lipinski definition) is 3. The lowest BCUT2D eigenvalue weighted by Gasteiger charge is -2.25. The van der Waals surface area contributed by atoms with Crippen molar-refractivity contribution in [1.82, 2.24) is 20.1 Å². The van der Waals surface area contributed by atoms with Gasteiger partial charge in [0.2, 0.25) is 5.91 Å². The van der Waals surface area contributed by atoms with E-state index < -0.39 is 0 Å². The summed E-state index contributed by atoms with van der Waals surface area (Å²) in [6.07, 6.45) is 6.76. The number of benzene rings is 1. The summed E-state index contributed by atoms with van der Waals surface area (Å²) in [5, 5.41) is 11.7. The highest BCUT2D eigenvalue weighted by Gasteiger charge is 2.23. The number of rotatable bonds is 4. The van der Waals surface area contributed by atoms with Crippen LogP contribution in [0.4, 0.5) is 0 Å². The van der Waals surface area contributed by atoms with E-state index >= 15 is 0 Å². The van der Waals surface area contributed by atoms with Crippen molar-refractivity contribution >= 4 is 5.91 Å². The predicted molar refractivity (Wildman–Crippen MR) is 91.8 cm³/mol. The number of amides is 1. The molecule has 0 bridgehead atoms. The van der Waals surface area contributed by atoms with Crippen molar-refractivity contribution in [3.8, 4) is 0 Å². The van der Waals surface area contributed by atoms with Gasteiger partial charge in [-0.3, -0.25) is 4.79 Å². The van der Waals surface area contributed by atoms with Crippen molar-refractivity contribution < 1.29 is 4.79 Å². The van der Waals surface area contributed by atoms with E-state index in [1.165, 1.54) is 24.0 Å². The first-order chi connectivity index (χ1) is 11.7. The smallest absolute Gasteiger partial charge is 0.224 e. The molecule has 0 saturated heterocycles. The van der Waals surface area contributed by atoms with Crippen molar-refractivity contribution in [3.05, 3.63) is 46.5 Å². The van der Waals surface area contributed by atoms with Gasteiger partial charge in [0, 0.05) is 25.4 Å². The lowest BCUT2D eigenvalue weighted by Crippen LogP contribution is -2.42. The summed E-state index contributed by atoms with van der Waals surface area (Å²) in [7, 11) is 0. The molecule has 1 aliphatic heterocycles. The summed E-state index contributed by atoms with van der Waals surface area (Å²) in [5.74, 6) is 2.19. The second-order valence-electron chi connectivity index (χ2n) is 6.93. The molecule has 1 amide bonds. The van der Waals surface area contributed by atoms with Crippen molar-refractivity contribution in [3.63, 3.8) is 0 Å². The third kappa shape index (κ3) is 2.95. The van der Waals surface area contributed by atoms with Crippen LogP contribution in [0.3, 0.4) is 0 Å². The van der Waals surface area contributed by atoms with Gasteiger partial charge in [-0.05, 0) is 42.4 Å². The number of aryl methyl sites for hydroxylation is 4. The maximum atomic E-state index is 12.4. The second kappa shape index (κ2) is 6.38. The second-order valence-corrected chi connectivity index (χ2v) is 6.93. The van der Waals surface area contributed by atoms with Gasteiger partial charge >= 0.3 is 0 Å². The van der Waals surface area contributed by atoms with E-state index in [0.29, 0.717) is 6.42 Å². The molecule has 5 heteroatoms. The van der Waals surface area contributed by atoms with Crippen LogP contribution in [0.1, 0.15) is 48.1 Å². The predicted octanol–water partition coefficient (Wildman–Crippen LogP) is 2.00. The van der Waals surface area contributed by atoms with Gasteiger partial charge in [0.25, 0.3) is 0 Å². The molecule has 0 saturated carbocycles. The number of nitrogens with zero attached hydrogens (tertiary/aromatic N) is 3. The Morgan fingerprint density at radius 3 is 3.00 bits per heavy atom. The zero-order chi connectivity index (χ0) is 16.5. The minimum Gasteiger partial charge on any atom is -0.351 e. The first kappa shape index (κ1) is 15.4. The van der Waals surface area contributed by atoms with E-state index in [0.717, 1.165) is 49.4 Å². The molecule has 1 atom stereocenters. The number of carbonyl (C=O) groups excluding carboxylic acids is 1. The number of fused-ring (bicyclic) bond motifs is 2. The molecule has 5 nitrogen and oxygen atoms in total. The fraction of sp³-hybridized carbons (Fsp3) is 0.526. The summed E-state index contributed by atoms with van der Waals surface area (Å²) in [4.78, 5) is 12.4. The van der Waals surface area contributed by atoms with Crippen LogP contribution >= 0.6 is 0 Å². The Morgan fingerprint density at radius 2 is 2.12 bits per heavy atom. The van der Waals surface area contributed by atoms with E-state index in [2.05, 4.69) is 45.2 Å². The minimum atomic E-state index is 0.118. The van der Waals surface area contributed by atoms with Gasteiger partial charge in [0.05, 0.1) is 6.42 Å². The third-order valence-corrected chi connectivity index (χ3v) is 5.23. The average molecular weight is 324 g/mol. The molecular weight excluding hydrogens is 300 g/mol. The Balaban J connectivity index is 1.38. The number of hydrogen-bond donors (Lipinski definition) is 1. The zero-order valence-corrected chi connectivity index (χ0v) is 14.2. The largest absolute Gasteiger partial charge is 0.351 e. The first-order valence-corrected chi connectivity index (χ1v) is 9.04. The Bertz CT molecular complexity index is 751. The summed E-state index contributed by atoms with van der Waals surface area (Å²) in [6.45, 7) is 2.88. The maximum absolute atomic E-state index is 12.4. The van der Waals surface area contributed by atoms with E-state index in [4.69, 9.17) is 0 Å². The van der Waals surface area contributed by atoms with Gasteiger partial charge in [-0.1, -0.05) is 25.1 Å².